The van der Waals surface area contributed by atoms with E-state index in [-0.39, 0.29) is 0 Å². The molecule has 1 atom stereocenters. The van der Waals surface area contributed by atoms with Crippen molar-refractivity contribution < 1.29 is 9.47 Å². The molecule has 2 fully saturated rings. The zero-order valence-electron chi connectivity index (χ0n) is 20.8. The molecule has 0 bridgehead atoms. The number of hydrogen-bond donors (Lipinski definition) is 0. The number of anilines is 1. The van der Waals surface area contributed by atoms with E-state index in [2.05, 4.69) is 34.8 Å². The first-order valence-corrected chi connectivity index (χ1v) is 12.4. The number of benzene rings is 1. The summed E-state index contributed by atoms with van der Waals surface area (Å²) in [5.41, 5.74) is 2.79. The summed E-state index contributed by atoms with van der Waals surface area (Å²) in [7, 11) is 7.59. The monoisotopic (exact) mass is 464 g/mol. The molecule has 2 aliphatic rings. The van der Waals surface area contributed by atoms with Crippen LogP contribution in [0, 0.1) is 5.92 Å². The van der Waals surface area contributed by atoms with E-state index in [0.717, 1.165) is 54.2 Å². The standard InChI is InChI=1S/C26H36N6O2/c1-30(2)15-18-10-11-31(16-18)26-28-22-13-24(34-4)23(33-3)12-21(22)25(29-26)19-14-27-32(17-19)20-8-6-5-7-9-20/h12-14,17-18,20H,5-11,15-16H2,1-4H3. The second kappa shape index (κ2) is 9.78. The lowest BCUT2D eigenvalue weighted by Gasteiger charge is -2.22. The van der Waals surface area contributed by atoms with Crippen molar-refractivity contribution in [2.24, 2.45) is 5.92 Å². The van der Waals surface area contributed by atoms with Gasteiger partial charge in [0.15, 0.2) is 11.5 Å². The van der Waals surface area contributed by atoms with Crippen LogP contribution in [-0.4, -0.2) is 72.6 Å². The fourth-order valence-electron chi connectivity index (χ4n) is 5.49. The van der Waals surface area contributed by atoms with E-state index >= 15 is 0 Å². The van der Waals surface area contributed by atoms with Gasteiger partial charge in [-0.3, -0.25) is 4.68 Å². The minimum atomic E-state index is 0.482. The molecular weight excluding hydrogens is 428 g/mol. The summed E-state index contributed by atoms with van der Waals surface area (Å²) in [6, 6.07) is 4.43. The van der Waals surface area contributed by atoms with E-state index in [1.54, 1.807) is 14.2 Å². The second-order valence-electron chi connectivity index (χ2n) is 9.96. The Kier molecular flexibility index (Phi) is 6.59. The topological polar surface area (TPSA) is 68.5 Å². The molecule has 1 aliphatic heterocycles. The molecule has 0 spiro atoms. The van der Waals surface area contributed by atoms with E-state index in [1.165, 1.54) is 32.1 Å². The van der Waals surface area contributed by atoms with Gasteiger partial charge in [0.2, 0.25) is 5.95 Å². The Morgan fingerprint density at radius 2 is 1.76 bits per heavy atom. The Morgan fingerprint density at radius 3 is 2.50 bits per heavy atom. The molecule has 182 valence electrons. The normalized spacial score (nSPS) is 19.3. The van der Waals surface area contributed by atoms with Gasteiger partial charge in [-0.15, -0.1) is 0 Å². The number of ether oxygens (including phenoxy) is 2. The molecule has 5 rings (SSSR count). The van der Waals surface area contributed by atoms with Crippen LogP contribution in [0.1, 0.15) is 44.6 Å². The van der Waals surface area contributed by atoms with Gasteiger partial charge in [0.05, 0.1) is 37.7 Å². The average molecular weight is 465 g/mol. The van der Waals surface area contributed by atoms with Crippen LogP contribution in [0.5, 0.6) is 11.5 Å². The van der Waals surface area contributed by atoms with Crippen LogP contribution in [0.4, 0.5) is 5.95 Å². The van der Waals surface area contributed by atoms with Crippen LogP contribution in [0.2, 0.25) is 0 Å². The van der Waals surface area contributed by atoms with E-state index in [9.17, 15) is 0 Å². The molecule has 8 nitrogen and oxygen atoms in total. The lowest BCUT2D eigenvalue weighted by molar-refractivity contribution is 0.329. The van der Waals surface area contributed by atoms with Gasteiger partial charge in [0.25, 0.3) is 0 Å². The van der Waals surface area contributed by atoms with Crippen molar-refractivity contribution in [1.29, 1.82) is 0 Å². The third-order valence-electron chi connectivity index (χ3n) is 7.21. The molecular formula is C26H36N6O2. The van der Waals surface area contributed by atoms with Crippen molar-refractivity contribution in [2.75, 3.05) is 52.8 Å². The van der Waals surface area contributed by atoms with Gasteiger partial charge in [0.1, 0.15) is 0 Å². The Morgan fingerprint density at radius 1 is 1.00 bits per heavy atom. The van der Waals surface area contributed by atoms with Gasteiger partial charge in [-0.25, -0.2) is 9.97 Å². The Hall–Kier alpha value is -2.87. The molecule has 1 unspecified atom stereocenters. The van der Waals surface area contributed by atoms with Crippen LogP contribution >= 0.6 is 0 Å². The number of nitrogens with zero attached hydrogens (tertiary/aromatic N) is 6. The number of aromatic nitrogens is 4. The molecule has 0 amide bonds. The van der Waals surface area contributed by atoms with E-state index in [0.29, 0.717) is 23.5 Å². The highest BCUT2D eigenvalue weighted by Crippen LogP contribution is 2.38. The smallest absolute Gasteiger partial charge is 0.226 e. The molecule has 3 aromatic rings. The van der Waals surface area contributed by atoms with Crippen molar-refractivity contribution in [1.82, 2.24) is 24.6 Å². The summed E-state index contributed by atoms with van der Waals surface area (Å²) in [5, 5.41) is 5.70. The molecule has 0 radical (unpaired) electrons. The van der Waals surface area contributed by atoms with Gasteiger partial charge in [-0.1, -0.05) is 19.3 Å². The molecule has 1 aromatic carbocycles. The lowest BCUT2D eigenvalue weighted by Crippen LogP contribution is -2.26. The third-order valence-corrected chi connectivity index (χ3v) is 7.21. The molecule has 1 aliphatic carbocycles. The quantitative estimate of drug-likeness (QED) is 0.513. The predicted octanol–water partition coefficient (Wildman–Crippen LogP) is 4.40. The van der Waals surface area contributed by atoms with Gasteiger partial charge in [-0.2, -0.15) is 5.10 Å². The number of hydrogen-bond acceptors (Lipinski definition) is 7. The number of fused-ring (bicyclic) bond motifs is 1. The van der Waals surface area contributed by atoms with Crippen molar-refractivity contribution in [2.45, 2.75) is 44.6 Å². The second-order valence-corrected chi connectivity index (χ2v) is 9.96. The van der Waals surface area contributed by atoms with Gasteiger partial charge >= 0.3 is 0 Å². The fraction of sp³-hybridized carbons (Fsp3) is 0.577. The number of methoxy groups -OCH3 is 2. The fourth-order valence-corrected chi connectivity index (χ4v) is 5.49. The van der Waals surface area contributed by atoms with Gasteiger partial charge < -0.3 is 19.3 Å². The molecule has 2 aromatic heterocycles. The first-order chi connectivity index (χ1) is 16.6. The maximum absolute atomic E-state index is 5.60. The summed E-state index contributed by atoms with van der Waals surface area (Å²) < 4.78 is 13.3. The van der Waals surface area contributed by atoms with Crippen LogP contribution in [0.15, 0.2) is 24.5 Å². The van der Waals surface area contributed by atoms with Gasteiger partial charge in [0, 0.05) is 42.8 Å². The molecule has 3 heterocycles. The summed E-state index contributed by atoms with van der Waals surface area (Å²) in [6.07, 6.45) is 11.6. The third kappa shape index (κ3) is 4.56. The van der Waals surface area contributed by atoms with E-state index in [1.807, 2.05) is 18.3 Å². The van der Waals surface area contributed by atoms with Crippen molar-refractivity contribution in [3.05, 3.63) is 24.5 Å². The summed E-state index contributed by atoms with van der Waals surface area (Å²) in [4.78, 5) is 14.7. The van der Waals surface area contributed by atoms with Crippen LogP contribution in [0.25, 0.3) is 22.2 Å². The SMILES string of the molecule is COc1cc2nc(N3CCC(CN(C)C)C3)nc(-c3cnn(C4CCCCC4)c3)c2cc1OC. The van der Waals surface area contributed by atoms with Crippen LogP contribution in [0.3, 0.4) is 0 Å². The Balaban J connectivity index is 1.57. The zero-order chi connectivity index (χ0) is 23.7. The van der Waals surface area contributed by atoms with Crippen molar-refractivity contribution >= 4 is 16.9 Å². The van der Waals surface area contributed by atoms with Crippen molar-refractivity contribution in [3.8, 4) is 22.8 Å². The lowest BCUT2D eigenvalue weighted by atomic mass is 9.96. The van der Waals surface area contributed by atoms with E-state index < -0.39 is 0 Å². The Labute approximate surface area is 201 Å². The summed E-state index contributed by atoms with van der Waals surface area (Å²) in [6.45, 7) is 3.02. The Bertz CT molecular complexity index is 1140. The highest BCUT2D eigenvalue weighted by atomic mass is 16.5. The largest absolute Gasteiger partial charge is 0.493 e. The van der Waals surface area contributed by atoms with E-state index in [4.69, 9.17) is 24.5 Å². The predicted molar refractivity (Wildman–Crippen MR) is 135 cm³/mol. The average Bonchev–Trinajstić information content (AvgIpc) is 3.53. The molecule has 8 heteroatoms. The maximum Gasteiger partial charge on any atom is 0.226 e. The molecule has 1 saturated heterocycles. The number of rotatable bonds is 7. The highest BCUT2D eigenvalue weighted by Gasteiger charge is 2.27. The van der Waals surface area contributed by atoms with Crippen molar-refractivity contribution in [3.63, 3.8) is 0 Å². The maximum atomic E-state index is 5.60. The highest BCUT2D eigenvalue weighted by molar-refractivity contribution is 5.95. The van der Waals surface area contributed by atoms with Crippen LogP contribution < -0.4 is 14.4 Å². The van der Waals surface area contributed by atoms with Crippen LogP contribution in [-0.2, 0) is 0 Å². The molecule has 1 saturated carbocycles. The first-order valence-electron chi connectivity index (χ1n) is 12.4. The minimum Gasteiger partial charge on any atom is -0.493 e. The first kappa shape index (κ1) is 22.9. The molecule has 0 N–H and O–H groups in total. The summed E-state index contributed by atoms with van der Waals surface area (Å²) in [5.74, 6) is 2.76. The van der Waals surface area contributed by atoms with Gasteiger partial charge in [-0.05, 0) is 45.3 Å². The zero-order valence-corrected chi connectivity index (χ0v) is 20.8. The minimum absolute atomic E-state index is 0.482. The summed E-state index contributed by atoms with van der Waals surface area (Å²) >= 11 is 0. The molecule has 34 heavy (non-hydrogen) atoms.